The van der Waals surface area contributed by atoms with Crippen LogP contribution < -0.4 is 0 Å². The minimum Gasteiger partial charge on any atom is -0.469 e. The molecule has 0 aromatic rings. The third kappa shape index (κ3) is 3.14. The fraction of sp³-hybridized carbons (Fsp3) is 0.941. The highest BCUT2D eigenvalue weighted by atomic mass is 16.5. The first-order valence-corrected chi connectivity index (χ1v) is 8.21. The molecule has 0 amide bonds. The molecular weight excluding hydrogens is 236 g/mol. The highest BCUT2D eigenvalue weighted by Crippen LogP contribution is 2.58. The van der Waals surface area contributed by atoms with E-state index in [1.54, 1.807) is 0 Å². The second-order valence-corrected chi connectivity index (χ2v) is 6.21. The number of fused-ring (bicyclic) bond motifs is 1. The van der Waals surface area contributed by atoms with E-state index >= 15 is 0 Å². The summed E-state index contributed by atoms with van der Waals surface area (Å²) < 4.78 is 5.00. The summed E-state index contributed by atoms with van der Waals surface area (Å²) in [6.45, 7) is 8.62. The van der Waals surface area contributed by atoms with Crippen LogP contribution in [-0.2, 0) is 9.53 Å². The van der Waals surface area contributed by atoms with Gasteiger partial charge in [-0.1, -0.05) is 53.4 Å². The quantitative estimate of drug-likeness (QED) is 0.686. The lowest BCUT2D eigenvalue weighted by molar-refractivity contribution is -0.151. The number of methoxy groups -OCH3 is 1. The van der Waals surface area contributed by atoms with Crippen LogP contribution in [0.15, 0.2) is 0 Å². The van der Waals surface area contributed by atoms with Crippen LogP contribution in [0.3, 0.4) is 0 Å². The molecule has 2 aliphatic carbocycles. The number of esters is 1. The third-order valence-corrected chi connectivity index (χ3v) is 5.41. The molecule has 0 heterocycles. The van der Waals surface area contributed by atoms with Crippen LogP contribution in [0.2, 0.25) is 0 Å². The average Bonchev–Trinajstić information content (AvgIpc) is 2.79. The van der Waals surface area contributed by atoms with Crippen molar-refractivity contribution in [3.8, 4) is 0 Å². The number of rotatable bonds is 3. The first-order chi connectivity index (χ1) is 9.13. The maximum Gasteiger partial charge on any atom is 0.309 e. The van der Waals surface area contributed by atoms with Gasteiger partial charge in [0.05, 0.1) is 13.0 Å². The van der Waals surface area contributed by atoms with Crippen molar-refractivity contribution < 1.29 is 9.53 Å². The SMILES string of the molecule is CC.CCCC1CCC[C@@]2(C)C1CC[C@@H]2C(=O)OC. The monoisotopic (exact) mass is 268 g/mol. The summed E-state index contributed by atoms with van der Waals surface area (Å²) in [6, 6.07) is 0. The second kappa shape index (κ2) is 7.31. The Kier molecular flexibility index (Phi) is 6.35. The summed E-state index contributed by atoms with van der Waals surface area (Å²) in [4.78, 5) is 11.9. The van der Waals surface area contributed by atoms with Crippen LogP contribution >= 0.6 is 0 Å². The number of ether oxygens (including phenoxy) is 1. The largest absolute Gasteiger partial charge is 0.469 e. The molecule has 2 aliphatic rings. The van der Waals surface area contributed by atoms with Crippen molar-refractivity contribution in [3.05, 3.63) is 0 Å². The van der Waals surface area contributed by atoms with Gasteiger partial charge in [0, 0.05) is 0 Å². The standard InChI is InChI=1S/C15H26O2.C2H6/c1-4-6-11-7-5-10-15(2)12(11)8-9-13(15)14(16)17-3;1-2/h11-13H,4-10H2,1-3H3;1-2H3/t11?,12?,13-,15+;/m1./s1. The Morgan fingerprint density at radius 3 is 2.53 bits per heavy atom. The number of hydrogen-bond acceptors (Lipinski definition) is 2. The van der Waals surface area contributed by atoms with Crippen molar-refractivity contribution in [3.63, 3.8) is 0 Å². The normalized spacial score (nSPS) is 37.0. The van der Waals surface area contributed by atoms with Gasteiger partial charge in [-0.2, -0.15) is 0 Å². The predicted molar refractivity (Wildman–Crippen MR) is 79.9 cm³/mol. The first-order valence-electron chi connectivity index (χ1n) is 8.21. The number of hydrogen-bond donors (Lipinski definition) is 0. The Labute approximate surface area is 119 Å². The molecule has 19 heavy (non-hydrogen) atoms. The topological polar surface area (TPSA) is 26.3 Å². The van der Waals surface area contributed by atoms with Crippen LogP contribution in [0.1, 0.15) is 72.6 Å². The highest BCUT2D eigenvalue weighted by molar-refractivity contribution is 5.73. The van der Waals surface area contributed by atoms with E-state index in [4.69, 9.17) is 4.74 Å². The molecule has 0 radical (unpaired) electrons. The van der Waals surface area contributed by atoms with Crippen molar-refractivity contribution >= 4 is 5.97 Å². The van der Waals surface area contributed by atoms with Crippen molar-refractivity contribution in [2.24, 2.45) is 23.2 Å². The first kappa shape index (κ1) is 16.5. The summed E-state index contributed by atoms with van der Waals surface area (Å²) in [5, 5.41) is 0. The summed E-state index contributed by atoms with van der Waals surface area (Å²) >= 11 is 0. The number of carbonyl (C=O) groups excluding carboxylic acids is 1. The molecule has 2 fully saturated rings. The molecule has 2 rings (SSSR count). The van der Waals surface area contributed by atoms with E-state index in [9.17, 15) is 4.79 Å². The lowest BCUT2D eigenvalue weighted by Crippen LogP contribution is -2.40. The molecule has 0 N–H and O–H groups in total. The zero-order chi connectivity index (χ0) is 14.5. The molecule has 2 heteroatoms. The van der Waals surface area contributed by atoms with Crippen molar-refractivity contribution in [2.45, 2.75) is 72.6 Å². The number of carbonyl (C=O) groups is 1. The smallest absolute Gasteiger partial charge is 0.309 e. The summed E-state index contributed by atoms with van der Waals surface area (Å²) in [6.07, 6.45) is 8.80. The van der Waals surface area contributed by atoms with Gasteiger partial charge in [0.2, 0.25) is 0 Å². The Hall–Kier alpha value is -0.530. The molecule has 0 aromatic carbocycles. The van der Waals surface area contributed by atoms with Gasteiger partial charge < -0.3 is 4.74 Å². The summed E-state index contributed by atoms with van der Waals surface area (Å²) in [5.74, 6) is 1.82. The average molecular weight is 268 g/mol. The third-order valence-electron chi connectivity index (χ3n) is 5.41. The predicted octanol–water partition coefficient (Wildman–Crippen LogP) is 4.82. The molecule has 4 atom stereocenters. The minimum absolute atomic E-state index is 0.0344. The molecule has 112 valence electrons. The Morgan fingerprint density at radius 1 is 1.26 bits per heavy atom. The Morgan fingerprint density at radius 2 is 1.95 bits per heavy atom. The summed E-state index contributed by atoms with van der Waals surface area (Å²) in [7, 11) is 1.53. The van der Waals surface area contributed by atoms with Gasteiger partial charge >= 0.3 is 5.97 Å². The van der Waals surface area contributed by atoms with E-state index in [2.05, 4.69) is 13.8 Å². The van der Waals surface area contributed by atoms with Crippen LogP contribution in [0, 0.1) is 23.2 Å². The maximum absolute atomic E-state index is 11.9. The van der Waals surface area contributed by atoms with Gasteiger partial charge in [-0.05, 0) is 36.5 Å². The van der Waals surface area contributed by atoms with Crippen LogP contribution in [-0.4, -0.2) is 13.1 Å². The van der Waals surface area contributed by atoms with E-state index in [0.717, 1.165) is 18.3 Å². The molecule has 0 aliphatic heterocycles. The minimum atomic E-state index is 0.0344. The molecule has 2 unspecified atom stereocenters. The van der Waals surface area contributed by atoms with Crippen molar-refractivity contribution in [1.82, 2.24) is 0 Å². The van der Waals surface area contributed by atoms with Crippen LogP contribution in [0.5, 0.6) is 0 Å². The fourth-order valence-electron chi connectivity index (χ4n) is 4.59. The molecule has 0 spiro atoms. The Bertz CT molecular complexity index is 285. The van der Waals surface area contributed by atoms with Gasteiger partial charge in [-0.3, -0.25) is 4.79 Å². The summed E-state index contributed by atoms with van der Waals surface area (Å²) in [5.41, 5.74) is 0.227. The van der Waals surface area contributed by atoms with Crippen molar-refractivity contribution in [1.29, 1.82) is 0 Å². The molecule has 0 bridgehead atoms. The van der Waals surface area contributed by atoms with Crippen LogP contribution in [0.4, 0.5) is 0 Å². The molecule has 0 aromatic heterocycles. The van der Waals surface area contributed by atoms with Crippen molar-refractivity contribution in [2.75, 3.05) is 7.11 Å². The zero-order valence-corrected chi connectivity index (χ0v) is 13.5. The second-order valence-electron chi connectivity index (χ2n) is 6.21. The van der Waals surface area contributed by atoms with Gasteiger partial charge in [0.15, 0.2) is 0 Å². The lowest BCUT2D eigenvalue weighted by Gasteiger charge is -2.44. The van der Waals surface area contributed by atoms with E-state index in [-0.39, 0.29) is 17.3 Å². The Balaban J connectivity index is 0.000000861. The maximum atomic E-state index is 11.9. The van der Waals surface area contributed by atoms with E-state index in [1.165, 1.54) is 45.6 Å². The molecule has 2 nitrogen and oxygen atoms in total. The van der Waals surface area contributed by atoms with Gasteiger partial charge in [-0.15, -0.1) is 0 Å². The van der Waals surface area contributed by atoms with Crippen LogP contribution in [0.25, 0.3) is 0 Å². The molecule has 2 saturated carbocycles. The lowest BCUT2D eigenvalue weighted by atomic mass is 9.60. The zero-order valence-electron chi connectivity index (χ0n) is 13.5. The van der Waals surface area contributed by atoms with Gasteiger partial charge in [0.25, 0.3) is 0 Å². The van der Waals surface area contributed by atoms with Gasteiger partial charge in [-0.25, -0.2) is 0 Å². The van der Waals surface area contributed by atoms with E-state index in [1.807, 2.05) is 13.8 Å². The van der Waals surface area contributed by atoms with E-state index < -0.39 is 0 Å². The highest BCUT2D eigenvalue weighted by Gasteiger charge is 2.53. The molecular formula is C17H32O2. The fourth-order valence-corrected chi connectivity index (χ4v) is 4.59. The van der Waals surface area contributed by atoms with E-state index in [0.29, 0.717) is 0 Å². The van der Waals surface area contributed by atoms with Gasteiger partial charge in [0.1, 0.15) is 0 Å². The molecule has 0 saturated heterocycles.